The van der Waals surface area contributed by atoms with E-state index in [0.29, 0.717) is 6.42 Å². The Balaban J connectivity index is 0.00000240. The van der Waals surface area contributed by atoms with E-state index in [0.717, 1.165) is 24.1 Å². The van der Waals surface area contributed by atoms with E-state index in [-0.39, 0.29) is 18.4 Å². The maximum Gasteiger partial charge on any atom is 0.130 e. The van der Waals surface area contributed by atoms with E-state index in [1.807, 2.05) is 43.3 Å². The fourth-order valence-electron chi connectivity index (χ4n) is 4.14. The SMILES string of the molecule is CC([NH2+]CCC(O)c1ccc2c(c1)Cc1ccccc1-2)C(O)c1ccccc1.[Cl-]. The summed E-state index contributed by atoms with van der Waals surface area (Å²) >= 11 is 0. The number of hydrogen-bond acceptors (Lipinski definition) is 2. The largest absolute Gasteiger partial charge is 1.00 e. The molecule has 0 radical (unpaired) electrons. The van der Waals surface area contributed by atoms with Crippen LogP contribution in [-0.2, 0) is 6.42 Å². The number of hydrogen-bond donors (Lipinski definition) is 3. The molecule has 29 heavy (non-hydrogen) atoms. The molecule has 0 spiro atoms. The molecule has 1 aliphatic carbocycles. The maximum atomic E-state index is 10.7. The standard InChI is InChI=1S/C25H27NO2.ClH/c1-17(25(28)18-7-3-2-4-8-18)26-14-13-24(27)20-11-12-23-21(16-20)15-19-9-5-6-10-22(19)23;/h2-12,16-17,24-28H,13-15H2,1H3;1H. The molecule has 0 amide bonds. The summed E-state index contributed by atoms with van der Waals surface area (Å²) in [5.74, 6) is 0. The summed E-state index contributed by atoms with van der Waals surface area (Å²) in [4.78, 5) is 0. The monoisotopic (exact) mass is 409 g/mol. The van der Waals surface area contributed by atoms with Crippen LogP contribution in [-0.4, -0.2) is 22.8 Å². The van der Waals surface area contributed by atoms with Crippen molar-refractivity contribution in [1.82, 2.24) is 0 Å². The van der Waals surface area contributed by atoms with E-state index in [1.54, 1.807) is 0 Å². The molecule has 4 rings (SSSR count). The molecule has 3 nitrogen and oxygen atoms in total. The number of rotatable bonds is 7. The molecule has 3 aromatic carbocycles. The highest BCUT2D eigenvalue weighted by Gasteiger charge is 2.21. The van der Waals surface area contributed by atoms with Gasteiger partial charge >= 0.3 is 0 Å². The second-order valence-corrected chi connectivity index (χ2v) is 7.79. The number of aliphatic hydroxyl groups is 2. The van der Waals surface area contributed by atoms with Crippen LogP contribution < -0.4 is 17.7 Å². The zero-order valence-corrected chi connectivity index (χ0v) is 17.4. The van der Waals surface area contributed by atoms with Crippen molar-refractivity contribution in [2.24, 2.45) is 0 Å². The van der Waals surface area contributed by atoms with E-state index in [4.69, 9.17) is 0 Å². The highest BCUT2D eigenvalue weighted by Crippen LogP contribution is 2.37. The van der Waals surface area contributed by atoms with Crippen molar-refractivity contribution in [3.8, 4) is 11.1 Å². The summed E-state index contributed by atoms with van der Waals surface area (Å²) in [5.41, 5.74) is 7.19. The van der Waals surface area contributed by atoms with Crippen LogP contribution in [0.1, 0.15) is 47.8 Å². The molecule has 0 aromatic heterocycles. The molecule has 0 saturated heterocycles. The van der Waals surface area contributed by atoms with Crippen LogP contribution in [0.3, 0.4) is 0 Å². The zero-order chi connectivity index (χ0) is 19.5. The van der Waals surface area contributed by atoms with Crippen molar-refractivity contribution in [2.75, 3.05) is 6.54 Å². The summed E-state index contributed by atoms with van der Waals surface area (Å²) in [6, 6.07) is 24.7. The van der Waals surface area contributed by atoms with Gasteiger partial charge in [-0.25, -0.2) is 0 Å². The summed E-state index contributed by atoms with van der Waals surface area (Å²) in [7, 11) is 0. The molecule has 0 aliphatic heterocycles. The lowest BCUT2D eigenvalue weighted by molar-refractivity contribution is -0.695. The fourth-order valence-corrected chi connectivity index (χ4v) is 4.14. The Kier molecular flexibility index (Phi) is 7.09. The molecule has 4 heteroatoms. The molecular formula is C25H28ClNO2. The van der Waals surface area contributed by atoms with Gasteiger partial charge in [-0.15, -0.1) is 0 Å². The maximum absolute atomic E-state index is 10.7. The molecule has 3 atom stereocenters. The van der Waals surface area contributed by atoms with E-state index in [1.165, 1.54) is 22.3 Å². The number of nitrogens with two attached hydrogens (primary N) is 1. The van der Waals surface area contributed by atoms with Crippen LogP contribution in [0.2, 0.25) is 0 Å². The van der Waals surface area contributed by atoms with Crippen LogP contribution in [0, 0.1) is 0 Å². The molecule has 152 valence electrons. The normalized spacial score (nSPS) is 15.0. The molecule has 0 saturated carbocycles. The highest BCUT2D eigenvalue weighted by molar-refractivity contribution is 5.76. The summed E-state index contributed by atoms with van der Waals surface area (Å²) in [5, 5.41) is 23.2. The van der Waals surface area contributed by atoms with Gasteiger partial charge in [0.1, 0.15) is 12.1 Å². The smallest absolute Gasteiger partial charge is 0.130 e. The predicted molar refractivity (Wildman–Crippen MR) is 112 cm³/mol. The minimum absolute atomic E-state index is 0. The van der Waals surface area contributed by atoms with Gasteiger partial charge in [0.2, 0.25) is 0 Å². The zero-order valence-electron chi connectivity index (χ0n) is 16.6. The van der Waals surface area contributed by atoms with Gasteiger partial charge in [0.15, 0.2) is 0 Å². The van der Waals surface area contributed by atoms with Crippen LogP contribution in [0.15, 0.2) is 72.8 Å². The number of halogens is 1. The van der Waals surface area contributed by atoms with Gasteiger partial charge in [0.25, 0.3) is 0 Å². The van der Waals surface area contributed by atoms with Gasteiger partial charge in [0, 0.05) is 6.42 Å². The number of aliphatic hydroxyl groups excluding tert-OH is 2. The first-order valence-corrected chi connectivity index (χ1v) is 10.1. The number of fused-ring (bicyclic) bond motifs is 3. The topological polar surface area (TPSA) is 57.1 Å². The summed E-state index contributed by atoms with van der Waals surface area (Å²) in [6.07, 6.45) is 0.624. The molecular weight excluding hydrogens is 382 g/mol. The van der Waals surface area contributed by atoms with Crippen LogP contribution in [0.5, 0.6) is 0 Å². The Morgan fingerprint density at radius 2 is 1.52 bits per heavy atom. The first-order chi connectivity index (χ1) is 13.6. The summed E-state index contributed by atoms with van der Waals surface area (Å²) < 4.78 is 0. The molecule has 0 fully saturated rings. The van der Waals surface area contributed by atoms with E-state index in [2.05, 4.69) is 41.7 Å². The van der Waals surface area contributed by atoms with Crippen molar-refractivity contribution >= 4 is 0 Å². The Labute approximate surface area is 178 Å². The Morgan fingerprint density at radius 1 is 0.828 bits per heavy atom. The number of quaternary nitrogens is 1. The molecule has 0 heterocycles. The van der Waals surface area contributed by atoms with E-state index in [9.17, 15) is 10.2 Å². The summed E-state index contributed by atoms with van der Waals surface area (Å²) in [6.45, 7) is 2.79. The van der Waals surface area contributed by atoms with Crippen molar-refractivity contribution < 1.29 is 27.9 Å². The Morgan fingerprint density at radius 3 is 2.31 bits per heavy atom. The van der Waals surface area contributed by atoms with Gasteiger partial charge in [0.05, 0.1) is 12.6 Å². The van der Waals surface area contributed by atoms with E-state index < -0.39 is 12.2 Å². The average molecular weight is 410 g/mol. The van der Waals surface area contributed by atoms with Crippen LogP contribution in [0.25, 0.3) is 11.1 Å². The first kappa shape index (κ1) is 21.5. The minimum Gasteiger partial charge on any atom is -1.00 e. The second kappa shape index (κ2) is 9.55. The highest BCUT2D eigenvalue weighted by atomic mass is 35.5. The lowest BCUT2D eigenvalue weighted by Crippen LogP contribution is -3.00. The second-order valence-electron chi connectivity index (χ2n) is 7.79. The predicted octanol–water partition coefficient (Wildman–Crippen LogP) is 0.371. The van der Waals surface area contributed by atoms with Gasteiger partial charge in [-0.1, -0.05) is 72.8 Å². The molecule has 0 bridgehead atoms. The fraction of sp³-hybridized carbons (Fsp3) is 0.280. The lowest BCUT2D eigenvalue weighted by atomic mass is 9.99. The van der Waals surface area contributed by atoms with Crippen molar-refractivity contribution in [3.05, 3.63) is 95.1 Å². The Bertz CT molecular complexity index is 945. The quantitative estimate of drug-likeness (QED) is 0.413. The molecule has 3 aromatic rings. The first-order valence-electron chi connectivity index (χ1n) is 10.1. The average Bonchev–Trinajstić information content (AvgIpc) is 3.11. The van der Waals surface area contributed by atoms with Crippen LogP contribution >= 0.6 is 0 Å². The third kappa shape index (κ3) is 4.71. The third-order valence-electron chi connectivity index (χ3n) is 5.82. The third-order valence-corrected chi connectivity index (χ3v) is 5.82. The van der Waals surface area contributed by atoms with Crippen molar-refractivity contribution in [3.63, 3.8) is 0 Å². The molecule has 3 unspecified atom stereocenters. The van der Waals surface area contributed by atoms with E-state index >= 15 is 0 Å². The van der Waals surface area contributed by atoms with Gasteiger partial charge in [-0.3, -0.25) is 0 Å². The van der Waals surface area contributed by atoms with Crippen molar-refractivity contribution in [1.29, 1.82) is 0 Å². The molecule has 1 aliphatic rings. The Hall–Kier alpha value is -2.17. The van der Waals surface area contributed by atoms with Crippen LogP contribution in [0.4, 0.5) is 0 Å². The van der Waals surface area contributed by atoms with Crippen molar-refractivity contribution in [2.45, 2.75) is 38.0 Å². The van der Waals surface area contributed by atoms with Gasteiger partial charge in [-0.2, -0.15) is 0 Å². The minimum atomic E-state index is -0.503. The van der Waals surface area contributed by atoms with Gasteiger partial charge in [-0.05, 0) is 46.7 Å². The number of benzene rings is 3. The van der Waals surface area contributed by atoms with Gasteiger partial charge < -0.3 is 27.9 Å². The molecule has 4 N–H and O–H groups in total. The lowest BCUT2D eigenvalue weighted by Gasteiger charge is -2.19.